The van der Waals surface area contributed by atoms with Crippen molar-refractivity contribution in [2.24, 2.45) is 0 Å². The Labute approximate surface area is 85.0 Å². The van der Waals surface area contributed by atoms with Crippen molar-refractivity contribution in [3.8, 4) is 0 Å². The second-order valence-electron chi connectivity index (χ2n) is 1.38. The molecule has 0 aromatic rings. The molecule has 0 N–H and O–H groups in total. The monoisotopic (exact) mass is 128 g/mol. The van der Waals surface area contributed by atoms with E-state index >= 15 is 0 Å². The summed E-state index contributed by atoms with van der Waals surface area (Å²) in [5.41, 5.74) is 0. The third-order valence-electron chi connectivity index (χ3n) is 0.422. The molecule has 0 rings (SSSR count). The first kappa shape index (κ1) is 10.9. The zero-order valence-electron chi connectivity index (χ0n) is 4.84. The molecule has 0 unspecified atom stereocenters. The van der Waals surface area contributed by atoms with Crippen LogP contribution in [0.5, 0.6) is 0 Å². The Morgan fingerprint density at radius 3 is 1.71 bits per heavy atom. The first-order valence-corrected chi connectivity index (χ1v) is 1.78. The predicted molar refractivity (Wildman–Crippen MR) is 27.9 cm³/mol. The van der Waals surface area contributed by atoms with E-state index in [2.05, 4.69) is 0 Å². The molecule has 0 aliphatic carbocycles. The third-order valence-corrected chi connectivity index (χ3v) is 0.422. The molecule has 37 valence electrons. The van der Waals surface area contributed by atoms with E-state index in [1.165, 1.54) is 0 Å². The van der Waals surface area contributed by atoms with E-state index in [1.807, 2.05) is 0 Å². The molecule has 7 heavy (non-hydrogen) atoms. The maximum atomic E-state index is 9.50. The molecule has 0 saturated carbocycles. The van der Waals surface area contributed by atoms with E-state index in [1.54, 1.807) is 13.8 Å². The van der Waals surface area contributed by atoms with Crippen LogP contribution in [0.3, 0.4) is 0 Å². The molecular weight excluding hydrogens is 121 g/mol. The van der Waals surface area contributed by atoms with Crippen molar-refractivity contribution in [1.82, 2.24) is 0 Å². The molecule has 0 amide bonds. The first-order valence-electron chi connectivity index (χ1n) is 1.78. The number of rotatable bonds is 1. The van der Waals surface area contributed by atoms with Gasteiger partial charge >= 0.3 is 0 Å². The van der Waals surface area contributed by atoms with E-state index < -0.39 is 6.04 Å². The average Bonchev–Trinajstić information content (AvgIpc) is 1.36. The summed E-state index contributed by atoms with van der Waals surface area (Å²) in [5, 5.41) is 9.50. The standard InChI is InChI=1S/C3H7NO2.K/c1-3(2)4(5)6;/h3H,1-2H3;. The van der Waals surface area contributed by atoms with Gasteiger partial charge in [0.25, 0.3) is 0 Å². The summed E-state index contributed by atoms with van der Waals surface area (Å²) in [5.74, 6) is 0. The van der Waals surface area contributed by atoms with Gasteiger partial charge in [-0.3, -0.25) is 10.1 Å². The van der Waals surface area contributed by atoms with Gasteiger partial charge in [0.05, 0.1) is 0 Å². The molecule has 3 nitrogen and oxygen atoms in total. The number of hydrogen-bond acceptors (Lipinski definition) is 2. The molecule has 0 aromatic heterocycles. The molecule has 0 fully saturated rings. The van der Waals surface area contributed by atoms with Crippen molar-refractivity contribution in [2.45, 2.75) is 19.9 Å². The fourth-order valence-electron chi connectivity index (χ4n) is 0. The molecule has 0 aliphatic heterocycles. The maximum Gasteiger partial charge on any atom is 0.207 e. The van der Waals surface area contributed by atoms with Gasteiger partial charge in [-0.05, 0) is 0 Å². The van der Waals surface area contributed by atoms with Crippen LogP contribution in [0, 0.1) is 10.1 Å². The van der Waals surface area contributed by atoms with Crippen LogP contribution >= 0.6 is 0 Å². The van der Waals surface area contributed by atoms with E-state index in [0.717, 1.165) is 0 Å². The second kappa shape index (κ2) is 5.18. The number of hydrogen-bond donors (Lipinski definition) is 0. The minimum Gasteiger partial charge on any atom is -0.264 e. The van der Waals surface area contributed by atoms with Crippen LogP contribution in [0.15, 0.2) is 0 Å². The van der Waals surface area contributed by atoms with Gasteiger partial charge in [-0.2, -0.15) is 0 Å². The topological polar surface area (TPSA) is 43.1 Å². The van der Waals surface area contributed by atoms with Crippen molar-refractivity contribution < 1.29 is 4.92 Å². The smallest absolute Gasteiger partial charge is 0.207 e. The van der Waals surface area contributed by atoms with E-state index in [-0.39, 0.29) is 56.3 Å². The van der Waals surface area contributed by atoms with Gasteiger partial charge in [0.15, 0.2) is 0 Å². The maximum absolute atomic E-state index is 9.50. The van der Waals surface area contributed by atoms with Gasteiger partial charge < -0.3 is 0 Å². The van der Waals surface area contributed by atoms with Crippen LogP contribution in [0.4, 0.5) is 0 Å². The Morgan fingerprint density at radius 2 is 1.71 bits per heavy atom. The Bertz CT molecular complexity index is 64.0. The van der Waals surface area contributed by atoms with Crippen molar-refractivity contribution in [3.05, 3.63) is 10.1 Å². The molecule has 0 heterocycles. The van der Waals surface area contributed by atoms with E-state index in [0.29, 0.717) is 0 Å². The normalized spacial score (nSPS) is 7.86. The van der Waals surface area contributed by atoms with Crippen LogP contribution in [0.2, 0.25) is 0 Å². The summed E-state index contributed by atoms with van der Waals surface area (Å²) in [4.78, 5) is 9.17. The predicted octanol–water partition coefficient (Wildman–Crippen LogP) is 0.291. The van der Waals surface area contributed by atoms with Crippen LogP contribution in [0.1, 0.15) is 13.8 Å². The Morgan fingerprint density at radius 1 is 1.57 bits per heavy atom. The van der Waals surface area contributed by atoms with Crippen molar-refractivity contribution in [1.29, 1.82) is 0 Å². The molecule has 4 heteroatoms. The fourth-order valence-corrected chi connectivity index (χ4v) is 0. The molecule has 0 bridgehead atoms. The van der Waals surface area contributed by atoms with Crippen LogP contribution in [0.25, 0.3) is 0 Å². The summed E-state index contributed by atoms with van der Waals surface area (Å²) < 4.78 is 0. The average molecular weight is 128 g/mol. The zero-order valence-corrected chi connectivity index (χ0v) is 7.96. The molecule has 0 atom stereocenters. The van der Waals surface area contributed by atoms with Crippen molar-refractivity contribution in [2.75, 3.05) is 0 Å². The Balaban J connectivity index is 0. The number of nitro groups is 1. The van der Waals surface area contributed by atoms with Gasteiger partial charge in [0.2, 0.25) is 6.04 Å². The minimum absolute atomic E-state index is 0. The Kier molecular flexibility index (Phi) is 8.08. The summed E-state index contributed by atoms with van der Waals surface area (Å²) in [6.45, 7) is 3.08. The van der Waals surface area contributed by atoms with Crippen molar-refractivity contribution in [3.63, 3.8) is 0 Å². The molecule has 0 saturated heterocycles. The molecule has 0 aromatic carbocycles. The van der Waals surface area contributed by atoms with Gasteiger partial charge in [0.1, 0.15) is 0 Å². The summed E-state index contributed by atoms with van der Waals surface area (Å²) in [7, 11) is 0. The summed E-state index contributed by atoms with van der Waals surface area (Å²) >= 11 is 0. The van der Waals surface area contributed by atoms with Gasteiger partial charge in [0, 0.05) is 70.2 Å². The van der Waals surface area contributed by atoms with E-state index in [4.69, 9.17) is 0 Å². The molecule has 0 aliphatic rings. The molecular formula is C3H7KNO2. The zero-order chi connectivity index (χ0) is 5.15. The fraction of sp³-hybridized carbons (Fsp3) is 1.00. The van der Waals surface area contributed by atoms with Gasteiger partial charge in [-0.25, -0.2) is 0 Å². The minimum atomic E-state index is -0.426. The second-order valence-corrected chi connectivity index (χ2v) is 1.38. The van der Waals surface area contributed by atoms with Crippen LogP contribution < -0.4 is 0 Å². The quantitative estimate of drug-likeness (QED) is 0.289. The van der Waals surface area contributed by atoms with Gasteiger partial charge in [-0.15, -0.1) is 0 Å². The molecule has 0 spiro atoms. The van der Waals surface area contributed by atoms with Crippen LogP contribution in [-0.2, 0) is 0 Å². The summed E-state index contributed by atoms with van der Waals surface area (Å²) in [6, 6.07) is -0.426. The van der Waals surface area contributed by atoms with Gasteiger partial charge in [-0.1, -0.05) is 0 Å². The molecule has 1 radical (unpaired) electrons. The number of nitrogens with zero attached hydrogens (tertiary/aromatic N) is 1. The van der Waals surface area contributed by atoms with E-state index in [9.17, 15) is 10.1 Å². The third kappa shape index (κ3) is 7.04. The van der Waals surface area contributed by atoms with Crippen molar-refractivity contribution >= 4 is 51.4 Å². The SMILES string of the molecule is CC(C)[N+](=O)[O-].[K]. The largest absolute Gasteiger partial charge is 0.264 e. The Hall–Kier alpha value is 1.04. The first-order chi connectivity index (χ1) is 2.64. The summed E-state index contributed by atoms with van der Waals surface area (Å²) in [6.07, 6.45) is 0. The van der Waals surface area contributed by atoms with Crippen LogP contribution in [-0.4, -0.2) is 62.3 Å².